The Balaban J connectivity index is 0.000000282. The first-order valence-electron chi connectivity index (χ1n) is 11.6. The van der Waals surface area contributed by atoms with Crippen LogP contribution < -0.4 is 15.1 Å². The fourth-order valence-corrected chi connectivity index (χ4v) is 5.08. The molecule has 5 rings (SSSR count). The molecule has 2 amide bonds. The fraction of sp³-hybridized carbons (Fsp3) is 0.696. The van der Waals surface area contributed by atoms with Gasteiger partial charge in [-0.2, -0.15) is 0 Å². The number of hydrogen-bond donors (Lipinski definition) is 2. The smallest absolute Gasteiger partial charge is 0.414 e. The summed E-state index contributed by atoms with van der Waals surface area (Å²) in [6, 6.07) is 1.99. The Bertz CT molecular complexity index is 801. The van der Waals surface area contributed by atoms with Gasteiger partial charge in [0.1, 0.15) is 12.4 Å². The monoisotopic (exact) mass is 430 g/mol. The zero-order valence-electron chi connectivity index (χ0n) is 18.4. The van der Waals surface area contributed by atoms with Crippen molar-refractivity contribution >= 4 is 23.5 Å². The van der Waals surface area contributed by atoms with Gasteiger partial charge < -0.3 is 20.1 Å². The largest absolute Gasteiger partial charge is 0.447 e. The number of carbonyl (C=O) groups excluding carboxylic acids is 2. The summed E-state index contributed by atoms with van der Waals surface area (Å²) in [6.45, 7) is 5.49. The van der Waals surface area contributed by atoms with Crippen molar-refractivity contribution < 1.29 is 19.4 Å². The number of hydrogen-bond acceptors (Lipinski definition) is 6. The highest BCUT2D eigenvalue weighted by atomic mass is 16.6. The second-order valence-corrected chi connectivity index (χ2v) is 9.17. The third-order valence-corrected chi connectivity index (χ3v) is 7.07. The lowest BCUT2D eigenvalue weighted by atomic mass is 9.77. The van der Waals surface area contributed by atoms with Crippen LogP contribution in [0.25, 0.3) is 0 Å². The molecule has 3 saturated heterocycles. The van der Waals surface area contributed by atoms with Gasteiger partial charge in [0.15, 0.2) is 0 Å². The van der Waals surface area contributed by atoms with Crippen molar-refractivity contribution in [3.05, 3.63) is 17.8 Å². The molecule has 0 aromatic carbocycles. The summed E-state index contributed by atoms with van der Waals surface area (Å²) in [5.41, 5.74) is 1.66. The summed E-state index contributed by atoms with van der Waals surface area (Å²) in [7, 11) is 0. The highest BCUT2D eigenvalue weighted by Crippen LogP contribution is 2.39. The first-order valence-corrected chi connectivity index (χ1v) is 11.6. The van der Waals surface area contributed by atoms with Crippen molar-refractivity contribution in [2.24, 2.45) is 5.41 Å². The van der Waals surface area contributed by atoms with Crippen molar-refractivity contribution in [1.82, 2.24) is 10.3 Å². The molecule has 1 aromatic heterocycles. The molecule has 4 fully saturated rings. The van der Waals surface area contributed by atoms with Crippen LogP contribution in [0.2, 0.25) is 0 Å². The topological polar surface area (TPSA) is 95.0 Å². The maximum atomic E-state index is 12.1. The fourth-order valence-electron chi connectivity index (χ4n) is 5.08. The number of carbonyl (C=O) groups is 2. The van der Waals surface area contributed by atoms with Crippen LogP contribution in [0.3, 0.4) is 0 Å². The number of aryl methyl sites for hydroxylation is 1. The van der Waals surface area contributed by atoms with E-state index in [1.54, 1.807) is 11.1 Å². The van der Waals surface area contributed by atoms with Crippen LogP contribution in [-0.4, -0.2) is 61.0 Å². The van der Waals surface area contributed by atoms with E-state index in [4.69, 9.17) is 9.84 Å². The minimum atomic E-state index is -0.309. The van der Waals surface area contributed by atoms with E-state index in [9.17, 15) is 9.59 Å². The van der Waals surface area contributed by atoms with Crippen LogP contribution in [0.1, 0.15) is 56.9 Å². The van der Waals surface area contributed by atoms with E-state index in [-0.39, 0.29) is 23.5 Å². The van der Waals surface area contributed by atoms with Crippen molar-refractivity contribution in [3.63, 3.8) is 0 Å². The molecule has 1 aromatic rings. The average Bonchev–Trinajstić information content (AvgIpc) is 3.36. The van der Waals surface area contributed by atoms with Crippen LogP contribution >= 0.6 is 0 Å². The van der Waals surface area contributed by atoms with E-state index in [1.807, 2.05) is 13.0 Å². The third-order valence-electron chi connectivity index (χ3n) is 7.07. The number of ether oxygens (including phenoxy) is 1. The Morgan fingerprint density at radius 1 is 1.13 bits per heavy atom. The number of cyclic esters (lactones) is 1. The molecule has 31 heavy (non-hydrogen) atoms. The number of rotatable bonds is 2. The Labute approximate surface area is 184 Å². The number of amides is 2. The molecule has 4 heterocycles. The zero-order valence-corrected chi connectivity index (χ0v) is 18.4. The van der Waals surface area contributed by atoms with E-state index >= 15 is 0 Å². The molecule has 1 aliphatic carbocycles. The highest BCUT2D eigenvalue weighted by Gasteiger charge is 2.44. The zero-order chi connectivity index (χ0) is 21.8. The summed E-state index contributed by atoms with van der Waals surface area (Å²) < 4.78 is 4.98. The first kappa shape index (κ1) is 21.9. The van der Waals surface area contributed by atoms with Crippen molar-refractivity contribution in [2.75, 3.05) is 42.6 Å². The first-order chi connectivity index (χ1) is 15.0. The molecule has 0 bridgehead atoms. The Morgan fingerprint density at radius 3 is 2.39 bits per heavy atom. The molecule has 0 radical (unpaired) electrons. The normalized spacial score (nSPS) is 23.4. The van der Waals surface area contributed by atoms with Crippen molar-refractivity contribution in [1.29, 1.82) is 0 Å². The summed E-state index contributed by atoms with van der Waals surface area (Å²) in [6.07, 6.45) is 10.0. The second kappa shape index (κ2) is 9.42. The van der Waals surface area contributed by atoms with Crippen molar-refractivity contribution in [3.8, 4) is 0 Å². The van der Waals surface area contributed by atoms with E-state index < -0.39 is 0 Å². The number of aliphatic hydroxyl groups is 1. The maximum absolute atomic E-state index is 12.1. The molecular weight excluding hydrogens is 396 g/mol. The van der Waals surface area contributed by atoms with Gasteiger partial charge in [-0.1, -0.05) is 19.3 Å². The van der Waals surface area contributed by atoms with Gasteiger partial charge in [-0.25, -0.2) is 9.78 Å². The SMILES string of the molecule is Cc1cc(N2CCOC2=O)cnc1N1CCC2(CCNC2=O)CC1.OC1CCCCC1. The average molecular weight is 431 g/mol. The minimum absolute atomic E-state index is 0.0359. The highest BCUT2D eigenvalue weighted by molar-refractivity contribution is 5.89. The standard InChI is InChI=1S/C17H22N4O3.C6H12O/c1-12-10-13(21-8-9-24-16(21)23)11-19-14(12)20-6-3-17(4-7-20)2-5-18-15(17)22;7-6-4-2-1-3-5-6/h10-11H,2-9H2,1H3,(H,18,22);6-7H,1-5H2. The molecule has 8 nitrogen and oxygen atoms in total. The lowest BCUT2D eigenvalue weighted by molar-refractivity contribution is -0.128. The van der Waals surface area contributed by atoms with Gasteiger partial charge in [0, 0.05) is 19.6 Å². The van der Waals surface area contributed by atoms with E-state index in [0.717, 1.165) is 68.8 Å². The Kier molecular flexibility index (Phi) is 6.65. The number of pyridine rings is 1. The quantitative estimate of drug-likeness (QED) is 0.749. The molecular formula is C23H34N4O4. The third kappa shape index (κ3) is 4.79. The Hall–Kier alpha value is -2.35. The predicted molar refractivity (Wildman–Crippen MR) is 118 cm³/mol. The molecule has 1 spiro atoms. The van der Waals surface area contributed by atoms with Crippen molar-refractivity contribution in [2.45, 2.75) is 64.4 Å². The molecule has 2 N–H and O–H groups in total. The molecule has 170 valence electrons. The molecule has 4 aliphatic rings. The molecule has 8 heteroatoms. The van der Waals surface area contributed by atoms with Gasteiger partial charge in [0.2, 0.25) is 5.91 Å². The van der Waals surface area contributed by atoms with E-state index in [0.29, 0.717) is 13.2 Å². The van der Waals surface area contributed by atoms with E-state index in [2.05, 4.69) is 15.2 Å². The summed E-state index contributed by atoms with van der Waals surface area (Å²) in [5, 5.41) is 11.9. The van der Waals surface area contributed by atoms with Gasteiger partial charge in [-0.15, -0.1) is 0 Å². The number of aliphatic hydroxyl groups excluding tert-OH is 1. The van der Waals surface area contributed by atoms with Crippen LogP contribution in [-0.2, 0) is 9.53 Å². The summed E-state index contributed by atoms with van der Waals surface area (Å²) >= 11 is 0. The lowest BCUT2D eigenvalue weighted by Crippen LogP contribution is -2.44. The Morgan fingerprint density at radius 2 is 1.87 bits per heavy atom. The number of anilines is 2. The number of piperidine rings is 1. The van der Waals surface area contributed by atoms with Crippen LogP contribution in [0, 0.1) is 12.3 Å². The summed E-state index contributed by atoms with van der Waals surface area (Å²) in [4.78, 5) is 32.2. The number of nitrogens with zero attached hydrogens (tertiary/aromatic N) is 3. The second-order valence-electron chi connectivity index (χ2n) is 9.17. The van der Waals surface area contributed by atoms with Gasteiger partial charge >= 0.3 is 6.09 Å². The molecule has 0 atom stereocenters. The molecule has 3 aliphatic heterocycles. The van der Waals surface area contributed by atoms with Gasteiger partial charge in [-0.3, -0.25) is 9.69 Å². The van der Waals surface area contributed by atoms with E-state index in [1.165, 1.54) is 19.3 Å². The van der Waals surface area contributed by atoms with Gasteiger partial charge in [-0.05, 0) is 50.7 Å². The van der Waals surface area contributed by atoms with Gasteiger partial charge in [0.05, 0.1) is 29.9 Å². The summed E-state index contributed by atoms with van der Waals surface area (Å²) in [5.74, 6) is 1.16. The molecule has 1 saturated carbocycles. The van der Waals surface area contributed by atoms with Crippen LogP contribution in [0.4, 0.5) is 16.3 Å². The van der Waals surface area contributed by atoms with Gasteiger partial charge in [0.25, 0.3) is 0 Å². The predicted octanol–water partition coefficient (Wildman–Crippen LogP) is 2.76. The lowest BCUT2D eigenvalue weighted by Gasteiger charge is -2.38. The molecule has 0 unspecified atom stereocenters. The minimum Gasteiger partial charge on any atom is -0.447 e. The maximum Gasteiger partial charge on any atom is 0.414 e. The number of nitrogens with one attached hydrogen (secondary N) is 1. The van der Waals surface area contributed by atoms with Crippen LogP contribution in [0.5, 0.6) is 0 Å². The van der Waals surface area contributed by atoms with Crippen LogP contribution in [0.15, 0.2) is 12.3 Å². The number of aromatic nitrogens is 1.